The van der Waals surface area contributed by atoms with Gasteiger partial charge in [-0.1, -0.05) is 53.7 Å². The highest BCUT2D eigenvalue weighted by Crippen LogP contribution is 2.57. The molecule has 0 radical (unpaired) electrons. The first kappa shape index (κ1) is 23.3. The lowest BCUT2D eigenvalue weighted by molar-refractivity contribution is -0.148. The molecule has 4 heteroatoms. The zero-order valence-corrected chi connectivity index (χ0v) is 20.8. The smallest absolute Gasteiger partial charge is 0.225 e. The average Bonchev–Trinajstić information content (AvgIpc) is 3.11. The Morgan fingerprint density at radius 2 is 1.88 bits per heavy atom. The van der Waals surface area contributed by atoms with Crippen LogP contribution in [0.2, 0.25) is 0 Å². The number of piperidine rings is 1. The summed E-state index contributed by atoms with van der Waals surface area (Å²) in [5.41, 5.74) is 2.18. The third-order valence-corrected chi connectivity index (χ3v) is 9.04. The lowest BCUT2D eigenvalue weighted by Crippen LogP contribution is -2.65. The summed E-state index contributed by atoms with van der Waals surface area (Å²) < 4.78 is 0. The van der Waals surface area contributed by atoms with Crippen molar-refractivity contribution in [2.45, 2.75) is 97.9 Å². The van der Waals surface area contributed by atoms with Gasteiger partial charge in [0.25, 0.3) is 0 Å². The molecule has 4 nitrogen and oxygen atoms in total. The molecule has 1 amide bonds. The Labute approximate surface area is 193 Å². The number of benzene rings is 1. The summed E-state index contributed by atoms with van der Waals surface area (Å²) in [7, 11) is 0. The van der Waals surface area contributed by atoms with Crippen LogP contribution < -0.4 is 0 Å². The number of Topliss-reactive ketones (excluding diaryl/α,β-unsaturated/α-hetero) is 1. The van der Waals surface area contributed by atoms with Gasteiger partial charge in [0.2, 0.25) is 5.91 Å². The Morgan fingerprint density at radius 1 is 1.16 bits per heavy atom. The number of nitrogens with zero attached hydrogens (tertiary/aromatic N) is 1. The van der Waals surface area contributed by atoms with Crippen molar-refractivity contribution < 1.29 is 14.7 Å². The van der Waals surface area contributed by atoms with E-state index < -0.39 is 0 Å². The van der Waals surface area contributed by atoms with Crippen LogP contribution in [0.1, 0.15) is 91.2 Å². The molecular formula is C28H41NO3. The quantitative estimate of drug-likeness (QED) is 0.660. The van der Waals surface area contributed by atoms with Crippen LogP contribution in [0.15, 0.2) is 18.2 Å². The maximum absolute atomic E-state index is 13.7. The number of hydrogen-bond acceptors (Lipinski definition) is 3. The minimum atomic E-state index is -0.0671. The predicted octanol–water partition coefficient (Wildman–Crippen LogP) is 5.64. The van der Waals surface area contributed by atoms with Crippen molar-refractivity contribution >= 4 is 11.7 Å². The molecule has 1 saturated heterocycles. The molecule has 2 fully saturated rings. The first-order chi connectivity index (χ1) is 14.8. The van der Waals surface area contributed by atoms with Gasteiger partial charge in [-0.25, -0.2) is 0 Å². The van der Waals surface area contributed by atoms with E-state index in [4.69, 9.17) is 0 Å². The zero-order valence-electron chi connectivity index (χ0n) is 20.8. The Balaban J connectivity index is 1.49. The van der Waals surface area contributed by atoms with Gasteiger partial charge in [-0.05, 0) is 66.0 Å². The number of ketones is 1. The third kappa shape index (κ3) is 3.88. The molecule has 0 aromatic heterocycles. The maximum atomic E-state index is 13.7. The van der Waals surface area contributed by atoms with E-state index in [0.717, 1.165) is 44.2 Å². The number of fused-ring (bicyclic) bond motifs is 4. The van der Waals surface area contributed by atoms with Gasteiger partial charge in [-0.15, -0.1) is 0 Å². The molecule has 4 rings (SSSR count). The van der Waals surface area contributed by atoms with Crippen molar-refractivity contribution in [3.63, 3.8) is 0 Å². The van der Waals surface area contributed by atoms with Crippen molar-refractivity contribution in [3.8, 4) is 5.75 Å². The lowest BCUT2D eigenvalue weighted by Gasteiger charge is -2.61. The molecule has 2 aliphatic carbocycles. The molecule has 32 heavy (non-hydrogen) atoms. The summed E-state index contributed by atoms with van der Waals surface area (Å²) in [6, 6.07) is 5.99. The minimum Gasteiger partial charge on any atom is -0.508 e. The lowest BCUT2D eigenvalue weighted by atomic mass is 9.51. The van der Waals surface area contributed by atoms with E-state index in [9.17, 15) is 14.7 Å². The molecule has 1 saturated carbocycles. The second-order valence-corrected chi connectivity index (χ2v) is 12.7. The average molecular weight is 440 g/mol. The van der Waals surface area contributed by atoms with Gasteiger partial charge in [0, 0.05) is 36.8 Å². The summed E-state index contributed by atoms with van der Waals surface area (Å²) in [6.45, 7) is 14.0. The van der Waals surface area contributed by atoms with E-state index in [2.05, 4.69) is 52.5 Å². The number of amides is 1. The number of phenols is 1. The van der Waals surface area contributed by atoms with Gasteiger partial charge < -0.3 is 10.0 Å². The van der Waals surface area contributed by atoms with Crippen LogP contribution in [0, 0.1) is 22.7 Å². The Kier molecular flexibility index (Phi) is 5.75. The molecule has 1 aromatic rings. The second-order valence-electron chi connectivity index (χ2n) is 12.7. The molecule has 1 aromatic carbocycles. The fraction of sp³-hybridized carbons (Fsp3) is 0.714. The topological polar surface area (TPSA) is 57.6 Å². The summed E-state index contributed by atoms with van der Waals surface area (Å²) >= 11 is 0. The van der Waals surface area contributed by atoms with Gasteiger partial charge in [0.15, 0.2) is 0 Å². The number of rotatable bonds is 4. The fourth-order valence-corrected chi connectivity index (χ4v) is 6.89. The number of hydrogen-bond donors (Lipinski definition) is 1. The summed E-state index contributed by atoms with van der Waals surface area (Å²) in [6.07, 6.45) is 5.60. The standard InChI is InChI=1S/C28H41NO3/c1-26(2,3)17-20(30)15-18-10-11-19(14-18)25(32)29-13-12-28(6)22-8-7-9-23(31)21(22)16-24(29)27(28,4)5/h7-9,18-19,24,31H,10-17H2,1-6H3/t18-,19-,24-,28+/m1/s1. The van der Waals surface area contributed by atoms with Crippen molar-refractivity contribution in [1.82, 2.24) is 4.90 Å². The summed E-state index contributed by atoms with van der Waals surface area (Å²) in [4.78, 5) is 28.4. The van der Waals surface area contributed by atoms with Crippen molar-refractivity contribution in [1.29, 1.82) is 0 Å². The Bertz CT molecular complexity index is 912. The van der Waals surface area contributed by atoms with Crippen LogP contribution in [0.25, 0.3) is 0 Å². The van der Waals surface area contributed by atoms with E-state index in [0.29, 0.717) is 30.3 Å². The SMILES string of the molecule is CC(C)(C)CC(=O)C[C@@H]1CC[C@@H](C(=O)N2CC[C@@]3(C)c4cccc(O)c4C[C@@H]2C3(C)C)C1. The first-order valence-corrected chi connectivity index (χ1v) is 12.5. The molecule has 176 valence electrons. The van der Waals surface area contributed by atoms with Gasteiger partial charge in [-0.2, -0.15) is 0 Å². The molecule has 0 spiro atoms. The van der Waals surface area contributed by atoms with E-state index >= 15 is 0 Å². The second kappa shape index (κ2) is 7.88. The first-order valence-electron chi connectivity index (χ1n) is 12.5. The number of phenolic OH excluding ortho intramolecular Hbond substituents is 1. The largest absolute Gasteiger partial charge is 0.508 e. The van der Waals surface area contributed by atoms with E-state index in [-0.39, 0.29) is 34.1 Å². The monoisotopic (exact) mass is 439 g/mol. The fourth-order valence-electron chi connectivity index (χ4n) is 6.89. The molecule has 3 aliphatic rings. The zero-order chi connectivity index (χ0) is 23.5. The Morgan fingerprint density at radius 3 is 2.56 bits per heavy atom. The molecule has 1 N–H and O–H groups in total. The van der Waals surface area contributed by atoms with Crippen LogP contribution in [0.3, 0.4) is 0 Å². The van der Waals surface area contributed by atoms with Gasteiger partial charge in [0.1, 0.15) is 11.5 Å². The third-order valence-electron chi connectivity index (χ3n) is 9.04. The van der Waals surface area contributed by atoms with Gasteiger partial charge in [-0.3, -0.25) is 9.59 Å². The molecule has 1 aliphatic heterocycles. The minimum absolute atomic E-state index is 0.0276. The number of carbonyl (C=O) groups excluding carboxylic acids is 2. The van der Waals surface area contributed by atoms with Crippen molar-refractivity contribution in [3.05, 3.63) is 29.3 Å². The van der Waals surface area contributed by atoms with E-state index in [1.54, 1.807) is 6.07 Å². The molecule has 0 unspecified atom stereocenters. The molecular weight excluding hydrogens is 398 g/mol. The van der Waals surface area contributed by atoms with Crippen LogP contribution in [0.5, 0.6) is 5.75 Å². The summed E-state index contributed by atoms with van der Waals surface area (Å²) in [5, 5.41) is 10.6. The predicted molar refractivity (Wildman–Crippen MR) is 128 cm³/mol. The molecule has 2 bridgehead atoms. The van der Waals surface area contributed by atoms with Crippen LogP contribution >= 0.6 is 0 Å². The van der Waals surface area contributed by atoms with Crippen molar-refractivity contribution in [2.24, 2.45) is 22.7 Å². The van der Waals surface area contributed by atoms with Gasteiger partial charge in [0.05, 0.1) is 0 Å². The van der Waals surface area contributed by atoms with Crippen LogP contribution in [-0.2, 0) is 21.4 Å². The number of likely N-dealkylation sites (tertiary alicyclic amines) is 1. The maximum Gasteiger partial charge on any atom is 0.225 e. The van der Waals surface area contributed by atoms with Gasteiger partial charge >= 0.3 is 0 Å². The molecule has 4 atom stereocenters. The van der Waals surface area contributed by atoms with E-state index in [1.807, 2.05) is 6.07 Å². The summed E-state index contributed by atoms with van der Waals surface area (Å²) in [5.74, 6) is 1.35. The van der Waals surface area contributed by atoms with Crippen LogP contribution in [-0.4, -0.2) is 34.3 Å². The Hall–Kier alpha value is -1.84. The highest BCUT2D eigenvalue weighted by molar-refractivity contribution is 5.81. The number of carbonyl (C=O) groups is 2. The van der Waals surface area contributed by atoms with Crippen LogP contribution in [0.4, 0.5) is 0 Å². The van der Waals surface area contributed by atoms with Crippen molar-refractivity contribution in [2.75, 3.05) is 6.54 Å². The molecule has 1 heterocycles. The highest BCUT2D eigenvalue weighted by Gasteiger charge is 2.57. The number of aromatic hydroxyl groups is 1. The normalized spacial score (nSPS) is 31.3. The highest BCUT2D eigenvalue weighted by atomic mass is 16.3. The van der Waals surface area contributed by atoms with E-state index in [1.165, 1.54) is 5.56 Å².